The molecule has 0 spiro atoms. The number of amides is 1. The highest BCUT2D eigenvalue weighted by Gasteiger charge is 2.03. The van der Waals surface area contributed by atoms with Crippen LogP contribution < -0.4 is 10.1 Å². The van der Waals surface area contributed by atoms with Crippen LogP contribution in [0.25, 0.3) is 0 Å². The summed E-state index contributed by atoms with van der Waals surface area (Å²) < 4.78 is 5.54. The fourth-order valence-electron chi connectivity index (χ4n) is 1.74. The van der Waals surface area contributed by atoms with E-state index in [-0.39, 0.29) is 5.91 Å². The Morgan fingerprint density at radius 2 is 2.05 bits per heavy atom. The summed E-state index contributed by atoms with van der Waals surface area (Å²) in [6.07, 6.45) is 4.60. The molecule has 4 heteroatoms. The number of aryl methyl sites for hydroxylation is 1. The number of rotatable bonds is 6. The average Bonchev–Trinajstić information content (AvgIpc) is 2.49. The summed E-state index contributed by atoms with van der Waals surface area (Å²) in [6.45, 7) is 2.47. The second-order valence-electron chi connectivity index (χ2n) is 4.39. The van der Waals surface area contributed by atoms with Crippen molar-refractivity contribution in [3.8, 4) is 5.75 Å². The van der Waals surface area contributed by atoms with Gasteiger partial charge < -0.3 is 10.1 Å². The lowest BCUT2D eigenvalue weighted by molar-refractivity contribution is -0.116. The van der Waals surface area contributed by atoms with Gasteiger partial charge in [0.05, 0.1) is 24.9 Å². The Kier molecular flexibility index (Phi) is 5.12. The first-order chi connectivity index (χ1) is 9.78. The third kappa shape index (κ3) is 4.39. The van der Waals surface area contributed by atoms with Crippen LogP contribution in [0.1, 0.15) is 18.9 Å². The van der Waals surface area contributed by atoms with Gasteiger partial charge in [0.15, 0.2) is 0 Å². The summed E-state index contributed by atoms with van der Waals surface area (Å²) >= 11 is 0. The van der Waals surface area contributed by atoms with Crippen molar-refractivity contribution in [2.75, 3.05) is 11.9 Å². The first-order valence-corrected chi connectivity index (χ1v) is 6.69. The Morgan fingerprint density at radius 3 is 2.70 bits per heavy atom. The summed E-state index contributed by atoms with van der Waals surface area (Å²) in [5.74, 6) is 0.708. The molecule has 20 heavy (non-hydrogen) atoms. The van der Waals surface area contributed by atoms with Crippen molar-refractivity contribution < 1.29 is 9.53 Å². The van der Waals surface area contributed by atoms with E-state index in [2.05, 4.69) is 17.2 Å². The van der Waals surface area contributed by atoms with Gasteiger partial charge in [-0.1, -0.05) is 19.1 Å². The molecule has 0 bridgehead atoms. The number of benzene rings is 1. The first kappa shape index (κ1) is 14.1. The van der Waals surface area contributed by atoms with E-state index in [4.69, 9.17) is 4.74 Å². The highest BCUT2D eigenvalue weighted by atomic mass is 16.5. The summed E-state index contributed by atoms with van der Waals surface area (Å²) in [6, 6.07) is 11.5. The van der Waals surface area contributed by atoms with E-state index >= 15 is 0 Å². The maximum atomic E-state index is 11.7. The van der Waals surface area contributed by atoms with Crippen LogP contribution in [-0.2, 0) is 11.2 Å². The number of carbonyl (C=O) groups excluding carboxylic acids is 1. The van der Waals surface area contributed by atoms with Gasteiger partial charge >= 0.3 is 0 Å². The molecular weight excluding hydrogens is 252 g/mol. The Bertz CT molecular complexity index is 538. The molecule has 0 aliphatic carbocycles. The Balaban J connectivity index is 1.73. The van der Waals surface area contributed by atoms with Crippen molar-refractivity contribution in [1.82, 2.24) is 4.98 Å². The Morgan fingerprint density at radius 1 is 1.25 bits per heavy atom. The number of pyridine rings is 1. The molecule has 0 radical (unpaired) electrons. The molecule has 1 aromatic heterocycles. The van der Waals surface area contributed by atoms with Gasteiger partial charge in [0, 0.05) is 6.20 Å². The lowest BCUT2D eigenvalue weighted by atomic mass is 10.2. The van der Waals surface area contributed by atoms with Gasteiger partial charge in [-0.05, 0) is 36.2 Å². The van der Waals surface area contributed by atoms with Crippen LogP contribution in [0, 0.1) is 0 Å². The second kappa shape index (κ2) is 7.28. The van der Waals surface area contributed by atoms with Crippen LogP contribution in [0.4, 0.5) is 5.69 Å². The Labute approximate surface area is 118 Å². The topological polar surface area (TPSA) is 51.2 Å². The van der Waals surface area contributed by atoms with Crippen LogP contribution in [0.2, 0.25) is 0 Å². The van der Waals surface area contributed by atoms with E-state index in [0.29, 0.717) is 18.7 Å². The standard InChI is InChI=1S/C16H18N2O2/c1-2-13-5-7-15(8-6-13)20-11-9-16(19)18-14-4-3-10-17-12-14/h3-8,10,12H,2,9,11H2,1H3,(H,18,19). The van der Waals surface area contributed by atoms with E-state index in [1.165, 1.54) is 5.56 Å². The Hall–Kier alpha value is -2.36. The fraction of sp³-hybridized carbons (Fsp3) is 0.250. The van der Waals surface area contributed by atoms with Crippen molar-refractivity contribution in [2.45, 2.75) is 19.8 Å². The lowest BCUT2D eigenvalue weighted by Crippen LogP contribution is -2.15. The van der Waals surface area contributed by atoms with E-state index < -0.39 is 0 Å². The molecule has 0 saturated carbocycles. The molecule has 2 aromatic rings. The molecule has 0 aliphatic rings. The van der Waals surface area contributed by atoms with Gasteiger partial charge in [0.25, 0.3) is 0 Å². The predicted octanol–water partition coefficient (Wildman–Crippen LogP) is 3.05. The number of aromatic nitrogens is 1. The molecule has 1 aromatic carbocycles. The van der Waals surface area contributed by atoms with Crippen LogP contribution in [-0.4, -0.2) is 17.5 Å². The second-order valence-corrected chi connectivity index (χ2v) is 4.39. The van der Waals surface area contributed by atoms with E-state index in [1.54, 1.807) is 24.5 Å². The normalized spacial score (nSPS) is 10.1. The smallest absolute Gasteiger partial charge is 0.227 e. The quantitative estimate of drug-likeness (QED) is 0.877. The van der Waals surface area contributed by atoms with Gasteiger partial charge in [0.2, 0.25) is 5.91 Å². The molecule has 0 aliphatic heterocycles. The molecule has 104 valence electrons. The van der Waals surface area contributed by atoms with Gasteiger partial charge in [-0.2, -0.15) is 0 Å². The third-order valence-electron chi connectivity index (χ3n) is 2.87. The number of hydrogen-bond acceptors (Lipinski definition) is 3. The lowest BCUT2D eigenvalue weighted by Gasteiger charge is -2.07. The molecule has 0 saturated heterocycles. The van der Waals surface area contributed by atoms with Crippen molar-refractivity contribution in [3.63, 3.8) is 0 Å². The average molecular weight is 270 g/mol. The number of anilines is 1. The largest absolute Gasteiger partial charge is 0.493 e. The van der Waals surface area contributed by atoms with Gasteiger partial charge in [-0.3, -0.25) is 9.78 Å². The summed E-state index contributed by atoms with van der Waals surface area (Å²) in [7, 11) is 0. The molecule has 0 atom stereocenters. The molecule has 1 N–H and O–H groups in total. The summed E-state index contributed by atoms with van der Waals surface area (Å²) in [5, 5.41) is 2.76. The van der Waals surface area contributed by atoms with Gasteiger partial charge in [-0.15, -0.1) is 0 Å². The monoisotopic (exact) mass is 270 g/mol. The minimum atomic E-state index is -0.0804. The maximum Gasteiger partial charge on any atom is 0.227 e. The van der Waals surface area contributed by atoms with Crippen LogP contribution in [0.5, 0.6) is 5.75 Å². The van der Waals surface area contributed by atoms with Crippen LogP contribution >= 0.6 is 0 Å². The van der Waals surface area contributed by atoms with E-state index in [1.807, 2.05) is 24.3 Å². The van der Waals surface area contributed by atoms with Gasteiger partial charge in [0.1, 0.15) is 5.75 Å². The SMILES string of the molecule is CCc1ccc(OCCC(=O)Nc2cccnc2)cc1. The van der Waals surface area contributed by atoms with Gasteiger partial charge in [-0.25, -0.2) is 0 Å². The highest BCUT2D eigenvalue weighted by molar-refractivity contribution is 5.90. The number of hydrogen-bond donors (Lipinski definition) is 1. The molecule has 2 rings (SSSR count). The molecule has 0 fully saturated rings. The molecule has 0 unspecified atom stereocenters. The van der Waals surface area contributed by atoms with Crippen molar-refractivity contribution in [3.05, 3.63) is 54.4 Å². The fourth-order valence-corrected chi connectivity index (χ4v) is 1.74. The van der Waals surface area contributed by atoms with Crippen molar-refractivity contribution >= 4 is 11.6 Å². The zero-order valence-electron chi connectivity index (χ0n) is 11.5. The first-order valence-electron chi connectivity index (χ1n) is 6.69. The number of ether oxygens (including phenoxy) is 1. The van der Waals surface area contributed by atoms with Crippen LogP contribution in [0.15, 0.2) is 48.8 Å². The number of carbonyl (C=O) groups is 1. The number of nitrogens with one attached hydrogen (secondary N) is 1. The zero-order valence-corrected chi connectivity index (χ0v) is 11.5. The van der Waals surface area contributed by atoms with E-state index in [0.717, 1.165) is 12.2 Å². The molecule has 4 nitrogen and oxygen atoms in total. The molecular formula is C16H18N2O2. The minimum absolute atomic E-state index is 0.0804. The van der Waals surface area contributed by atoms with Crippen LogP contribution in [0.3, 0.4) is 0 Å². The predicted molar refractivity (Wildman–Crippen MR) is 78.8 cm³/mol. The maximum absolute atomic E-state index is 11.7. The highest BCUT2D eigenvalue weighted by Crippen LogP contribution is 2.12. The number of nitrogens with zero attached hydrogens (tertiary/aromatic N) is 1. The summed E-state index contributed by atoms with van der Waals surface area (Å²) in [4.78, 5) is 15.6. The minimum Gasteiger partial charge on any atom is -0.493 e. The molecule has 1 amide bonds. The van der Waals surface area contributed by atoms with Crippen molar-refractivity contribution in [1.29, 1.82) is 0 Å². The summed E-state index contributed by atoms with van der Waals surface area (Å²) in [5.41, 5.74) is 1.97. The zero-order chi connectivity index (χ0) is 14.2. The van der Waals surface area contributed by atoms with E-state index in [9.17, 15) is 4.79 Å². The molecule has 1 heterocycles. The third-order valence-corrected chi connectivity index (χ3v) is 2.87. The van der Waals surface area contributed by atoms with Crippen molar-refractivity contribution in [2.24, 2.45) is 0 Å².